The van der Waals surface area contributed by atoms with Gasteiger partial charge in [0.1, 0.15) is 11.6 Å². The third kappa shape index (κ3) is 5.09. The highest BCUT2D eigenvalue weighted by Gasteiger charge is 2.18. The minimum absolute atomic E-state index is 0.0308. The summed E-state index contributed by atoms with van der Waals surface area (Å²) in [4.78, 5) is 30.3. The maximum atomic E-state index is 13.4. The van der Waals surface area contributed by atoms with Crippen molar-refractivity contribution in [2.24, 2.45) is 0 Å². The number of amides is 2. The average molecular weight is 447 g/mol. The van der Waals surface area contributed by atoms with Gasteiger partial charge in [0.2, 0.25) is 0 Å². The highest BCUT2D eigenvalue weighted by molar-refractivity contribution is 5.89. The summed E-state index contributed by atoms with van der Waals surface area (Å²) in [5, 5.41) is 3.64. The Bertz CT molecular complexity index is 1360. The lowest BCUT2D eigenvalue weighted by Gasteiger charge is -2.23. The first-order chi connectivity index (χ1) is 15.8. The molecule has 2 N–H and O–H groups in total. The Morgan fingerprint density at radius 3 is 2.15 bits per heavy atom. The number of aromatic nitrogens is 1. The van der Waals surface area contributed by atoms with E-state index in [4.69, 9.17) is 0 Å². The van der Waals surface area contributed by atoms with Crippen LogP contribution in [0.25, 0.3) is 10.9 Å². The van der Waals surface area contributed by atoms with E-state index in [1.807, 2.05) is 26.0 Å². The molecule has 33 heavy (non-hydrogen) atoms. The van der Waals surface area contributed by atoms with E-state index in [0.717, 1.165) is 22.0 Å². The number of urea groups is 1. The lowest BCUT2D eigenvalue weighted by molar-refractivity contribution is 0.206. The fourth-order valence-electron chi connectivity index (χ4n) is 3.69. The summed E-state index contributed by atoms with van der Waals surface area (Å²) in [5.74, 6) is -0.789. The maximum Gasteiger partial charge on any atom is 0.322 e. The Labute approximate surface area is 189 Å². The smallest absolute Gasteiger partial charge is 0.321 e. The van der Waals surface area contributed by atoms with Crippen LogP contribution in [-0.2, 0) is 13.1 Å². The standard InChI is InChI=1S/C26H23F2N3O2/c1-16-3-4-17(2)24-23(16)13-19(25(32)30-24)15-31(14-18-5-7-20(27)8-6-18)26(33)29-22-11-9-21(28)10-12-22/h3-13H,14-15H2,1-2H3,(H,29,33)(H,30,32). The van der Waals surface area contributed by atoms with Crippen LogP contribution in [0.15, 0.2) is 71.5 Å². The molecular formula is C26H23F2N3O2. The molecule has 0 spiro atoms. The molecule has 0 saturated heterocycles. The highest BCUT2D eigenvalue weighted by atomic mass is 19.1. The van der Waals surface area contributed by atoms with Crippen molar-refractivity contribution >= 4 is 22.6 Å². The van der Waals surface area contributed by atoms with Crippen molar-refractivity contribution in [3.05, 3.63) is 111 Å². The molecule has 4 rings (SSSR count). The van der Waals surface area contributed by atoms with E-state index in [9.17, 15) is 18.4 Å². The van der Waals surface area contributed by atoms with Gasteiger partial charge in [-0.05, 0) is 73.0 Å². The molecule has 0 aliphatic rings. The average Bonchev–Trinajstić information content (AvgIpc) is 2.79. The molecule has 0 fully saturated rings. The summed E-state index contributed by atoms with van der Waals surface area (Å²) in [5.41, 5.74) is 4.00. The highest BCUT2D eigenvalue weighted by Crippen LogP contribution is 2.21. The summed E-state index contributed by atoms with van der Waals surface area (Å²) in [6.07, 6.45) is 0. The van der Waals surface area contributed by atoms with Crippen molar-refractivity contribution in [3.8, 4) is 0 Å². The first-order valence-corrected chi connectivity index (χ1v) is 10.5. The number of hydrogen-bond acceptors (Lipinski definition) is 2. The summed E-state index contributed by atoms with van der Waals surface area (Å²) in [6.45, 7) is 4.07. The van der Waals surface area contributed by atoms with E-state index in [0.29, 0.717) is 16.8 Å². The van der Waals surface area contributed by atoms with E-state index in [1.165, 1.54) is 41.3 Å². The number of H-pyrrole nitrogens is 1. The second-order valence-electron chi connectivity index (χ2n) is 8.03. The molecule has 0 atom stereocenters. The van der Waals surface area contributed by atoms with Crippen LogP contribution in [0.4, 0.5) is 19.3 Å². The molecule has 168 valence electrons. The van der Waals surface area contributed by atoms with Crippen molar-refractivity contribution < 1.29 is 13.6 Å². The summed E-state index contributed by atoms with van der Waals surface area (Å²) in [6, 6.07) is 16.5. The van der Waals surface area contributed by atoms with Crippen molar-refractivity contribution in [3.63, 3.8) is 0 Å². The lowest BCUT2D eigenvalue weighted by atomic mass is 10.0. The van der Waals surface area contributed by atoms with Crippen LogP contribution in [0.2, 0.25) is 0 Å². The molecule has 0 aliphatic heterocycles. The number of halogens is 2. The van der Waals surface area contributed by atoms with Gasteiger partial charge in [-0.3, -0.25) is 4.79 Å². The van der Waals surface area contributed by atoms with Gasteiger partial charge in [-0.1, -0.05) is 24.3 Å². The number of anilines is 1. The van der Waals surface area contributed by atoms with Gasteiger partial charge in [0.15, 0.2) is 0 Å². The van der Waals surface area contributed by atoms with Gasteiger partial charge >= 0.3 is 6.03 Å². The van der Waals surface area contributed by atoms with Gasteiger partial charge in [-0.2, -0.15) is 0 Å². The number of pyridine rings is 1. The second kappa shape index (κ2) is 9.24. The predicted molar refractivity (Wildman–Crippen MR) is 125 cm³/mol. The molecule has 5 nitrogen and oxygen atoms in total. The minimum Gasteiger partial charge on any atom is -0.321 e. The van der Waals surface area contributed by atoms with Gasteiger partial charge < -0.3 is 15.2 Å². The zero-order valence-electron chi connectivity index (χ0n) is 18.3. The van der Waals surface area contributed by atoms with Crippen LogP contribution in [-0.4, -0.2) is 15.9 Å². The molecule has 0 saturated carbocycles. The van der Waals surface area contributed by atoms with Crippen LogP contribution in [0.5, 0.6) is 0 Å². The molecule has 1 heterocycles. The van der Waals surface area contributed by atoms with Crippen molar-refractivity contribution in [1.29, 1.82) is 0 Å². The van der Waals surface area contributed by atoms with Crippen LogP contribution in [0.1, 0.15) is 22.3 Å². The van der Waals surface area contributed by atoms with E-state index in [2.05, 4.69) is 10.3 Å². The molecule has 7 heteroatoms. The van der Waals surface area contributed by atoms with Crippen LogP contribution in [0, 0.1) is 25.5 Å². The number of aromatic amines is 1. The molecular weight excluding hydrogens is 424 g/mol. The van der Waals surface area contributed by atoms with Gasteiger partial charge in [-0.25, -0.2) is 13.6 Å². The van der Waals surface area contributed by atoms with Gasteiger partial charge in [0.25, 0.3) is 5.56 Å². The number of nitrogens with zero attached hydrogens (tertiary/aromatic N) is 1. The fraction of sp³-hybridized carbons (Fsp3) is 0.154. The van der Waals surface area contributed by atoms with Gasteiger partial charge in [0, 0.05) is 23.2 Å². The lowest BCUT2D eigenvalue weighted by Crippen LogP contribution is -2.35. The third-order valence-corrected chi connectivity index (χ3v) is 5.55. The number of aryl methyl sites for hydroxylation is 2. The minimum atomic E-state index is -0.466. The number of fused-ring (bicyclic) bond motifs is 1. The normalized spacial score (nSPS) is 10.9. The number of benzene rings is 3. The Morgan fingerprint density at radius 1 is 0.879 bits per heavy atom. The third-order valence-electron chi connectivity index (χ3n) is 5.55. The molecule has 1 aromatic heterocycles. The van der Waals surface area contributed by atoms with E-state index in [1.54, 1.807) is 18.2 Å². The van der Waals surface area contributed by atoms with Crippen LogP contribution < -0.4 is 10.9 Å². The zero-order chi connectivity index (χ0) is 23.5. The Kier molecular flexibility index (Phi) is 6.22. The monoisotopic (exact) mass is 447 g/mol. The fourth-order valence-corrected chi connectivity index (χ4v) is 3.69. The number of hydrogen-bond donors (Lipinski definition) is 2. The molecule has 3 aromatic carbocycles. The largest absolute Gasteiger partial charge is 0.322 e. The van der Waals surface area contributed by atoms with Crippen molar-refractivity contribution in [2.75, 3.05) is 5.32 Å². The van der Waals surface area contributed by atoms with Crippen molar-refractivity contribution in [1.82, 2.24) is 9.88 Å². The molecule has 0 bridgehead atoms. The van der Waals surface area contributed by atoms with E-state index >= 15 is 0 Å². The summed E-state index contributed by atoms with van der Waals surface area (Å²) < 4.78 is 26.6. The van der Waals surface area contributed by atoms with Gasteiger partial charge in [0.05, 0.1) is 12.1 Å². The first kappa shape index (κ1) is 22.2. The van der Waals surface area contributed by atoms with E-state index < -0.39 is 11.8 Å². The number of carbonyl (C=O) groups excluding carboxylic acids is 1. The molecule has 0 radical (unpaired) electrons. The quantitative estimate of drug-likeness (QED) is 0.415. The summed E-state index contributed by atoms with van der Waals surface area (Å²) >= 11 is 0. The molecule has 0 unspecified atom stereocenters. The van der Waals surface area contributed by atoms with Crippen molar-refractivity contribution in [2.45, 2.75) is 26.9 Å². The zero-order valence-corrected chi connectivity index (χ0v) is 18.3. The second-order valence-corrected chi connectivity index (χ2v) is 8.03. The Morgan fingerprint density at radius 2 is 1.48 bits per heavy atom. The maximum absolute atomic E-state index is 13.4. The van der Waals surface area contributed by atoms with Crippen LogP contribution >= 0.6 is 0 Å². The molecule has 0 aliphatic carbocycles. The Balaban J connectivity index is 1.68. The van der Waals surface area contributed by atoms with Gasteiger partial charge in [-0.15, -0.1) is 0 Å². The van der Waals surface area contributed by atoms with Crippen LogP contribution in [0.3, 0.4) is 0 Å². The Hall–Kier alpha value is -4.00. The molecule has 4 aromatic rings. The topological polar surface area (TPSA) is 65.2 Å². The number of carbonyl (C=O) groups is 1. The predicted octanol–water partition coefficient (Wildman–Crippen LogP) is 5.66. The number of nitrogens with one attached hydrogen (secondary N) is 2. The molecule has 2 amide bonds. The van der Waals surface area contributed by atoms with E-state index in [-0.39, 0.29) is 24.5 Å². The number of rotatable bonds is 5. The summed E-state index contributed by atoms with van der Waals surface area (Å²) in [7, 11) is 0. The first-order valence-electron chi connectivity index (χ1n) is 10.5. The SMILES string of the molecule is Cc1ccc(C)c2[nH]c(=O)c(CN(Cc3ccc(F)cc3)C(=O)Nc3ccc(F)cc3)cc12.